The molecule has 202 valence electrons. The Morgan fingerprint density at radius 1 is 1.25 bits per heavy atom. The third-order valence-corrected chi connectivity index (χ3v) is 8.87. The molecular weight excluding hydrogens is 542 g/mol. The number of carbonyl (C=O) groups is 1. The molecular formula is C25H42BrN5O4Si. The lowest BCUT2D eigenvalue weighted by molar-refractivity contribution is 0.0495. The smallest absolute Gasteiger partial charge is 0.407 e. The van der Waals surface area contributed by atoms with Crippen molar-refractivity contribution in [1.82, 2.24) is 19.4 Å². The van der Waals surface area contributed by atoms with Gasteiger partial charge in [0, 0.05) is 47.6 Å². The van der Waals surface area contributed by atoms with E-state index in [2.05, 4.69) is 52.7 Å². The molecule has 1 amide bonds. The highest BCUT2D eigenvalue weighted by Gasteiger charge is 2.33. The Kier molecular flexibility index (Phi) is 8.67. The quantitative estimate of drug-likeness (QED) is 0.349. The van der Waals surface area contributed by atoms with Gasteiger partial charge in [-0.3, -0.25) is 9.36 Å². The van der Waals surface area contributed by atoms with Crippen molar-refractivity contribution in [3.05, 3.63) is 21.0 Å². The first-order valence-electron chi connectivity index (χ1n) is 12.6. The Bertz CT molecular complexity index is 1140. The summed E-state index contributed by atoms with van der Waals surface area (Å²) in [6.07, 6.45) is 3.22. The lowest BCUT2D eigenvalue weighted by atomic mass is 9.80. The van der Waals surface area contributed by atoms with Gasteiger partial charge in [0.15, 0.2) is 5.65 Å². The number of ether oxygens (including phenoxy) is 2. The van der Waals surface area contributed by atoms with Gasteiger partial charge in [-0.1, -0.05) is 26.6 Å². The molecule has 11 heteroatoms. The predicted octanol–water partition coefficient (Wildman–Crippen LogP) is 4.94. The van der Waals surface area contributed by atoms with Gasteiger partial charge < -0.3 is 24.3 Å². The van der Waals surface area contributed by atoms with Crippen LogP contribution in [0.3, 0.4) is 0 Å². The van der Waals surface area contributed by atoms with E-state index in [0.717, 1.165) is 36.4 Å². The van der Waals surface area contributed by atoms with Crippen LogP contribution in [0, 0.1) is 5.41 Å². The van der Waals surface area contributed by atoms with Crippen LogP contribution >= 0.6 is 15.9 Å². The Morgan fingerprint density at radius 3 is 2.47 bits per heavy atom. The number of aromatic nitrogens is 3. The van der Waals surface area contributed by atoms with Gasteiger partial charge >= 0.3 is 6.09 Å². The van der Waals surface area contributed by atoms with Gasteiger partial charge in [-0.25, -0.2) is 4.79 Å². The number of anilines is 1. The number of amides is 1. The minimum absolute atomic E-state index is 0.0518. The van der Waals surface area contributed by atoms with Crippen LogP contribution in [-0.4, -0.2) is 60.1 Å². The molecule has 2 aromatic heterocycles. The standard InChI is InChI=1S/C25H42BrN5O4Si/c1-24(2,3)35-23(33)27-16-25(4)9-11-30(12-10-25)22-28-20-19(21(32)29(22)5)18(26)15-31(20)17-34-13-14-36(6,7)8/h15H,9-14,16-17H2,1-8H3,(H,27,33). The largest absolute Gasteiger partial charge is 0.444 e. The molecule has 0 unspecified atom stereocenters. The van der Waals surface area contributed by atoms with Gasteiger partial charge in [-0.05, 0) is 61.0 Å². The average molecular weight is 585 g/mol. The molecule has 0 radical (unpaired) electrons. The van der Waals surface area contributed by atoms with Crippen molar-refractivity contribution >= 4 is 47.1 Å². The van der Waals surface area contributed by atoms with E-state index in [1.807, 2.05) is 31.5 Å². The highest BCUT2D eigenvalue weighted by atomic mass is 79.9. The van der Waals surface area contributed by atoms with Crippen LogP contribution in [-0.2, 0) is 23.3 Å². The van der Waals surface area contributed by atoms with Gasteiger partial charge in [-0.15, -0.1) is 0 Å². The molecule has 0 aliphatic carbocycles. The molecule has 1 fully saturated rings. The van der Waals surface area contributed by atoms with E-state index in [0.29, 0.717) is 36.9 Å². The Morgan fingerprint density at radius 2 is 1.89 bits per heavy atom. The van der Waals surface area contributed by atoms with E-state index in [1.54, 1.807) is 11.6 Å². The summed E-state index contributed by atoms with van der Waals surface area (Å²) in [5.41, 5.74) is -0.0187. The first-order chi connectivity index (χ1) is 16.6. The summed E-state index contributed by atoms with van der Waals surface area (Å²) in [7, 11) is 0.598. The van der Waals surface area contributed by atoms with E-state index in [-0.39, 0.29) is 17.1 Å². The molecule has 0 atom stereocenters. The molecule has 1 N–H and O–H groups in total. The van der Waals surface area contributed by atoms with Crippen LogP contribution in [0.2, 0.25) is 25.7 Å². The maximum Gasteiger partial charge on any atom is 0.407 e. The summed E-state index contributed by atoms with van der Waals surface area (Å²) in [6, 6.07) is 1.09. The van der Waals surface area contributed by atoms with E-state index in [1.165, 1.54) is 0 Å². The number of hydrogen-bond donors (Lipinski definition) is 1. The average Bonchev–Trinajstić information content (AvgIpc) is 3.06. The number of nitrogens with one attached hydrogen (secondary N) is 1. The number of piperidine rings is 1. The number of rotatable bonds is 8. The highest BCUT2D eigenvalue weighted by Crippen LogP contribution is 2.32. The van der Waals surface area contributed by atoms with E-state index in [9.17, 15) is 9.59 Å². The monoisotopic (exact) mass is 583 g/mol. The molecule has 3 heterocycles. The zero-order valence-electron chi connectivity index (χ0n) is 23.0. The third kappa shape index (κ3) is 7.35. The van der Waals surface area contributed by atoms with Crippen LogP contribution in [0.5, 0.6) is 0 Å². The van der Waals surface area contributed by atoms with Crippen molar-refractivity contribution in [2.75, 3.05) is 31.1 Å². The van der Waals surface area contributed by atoms with Crippen LogP contribution in [0.25, 0.3) is 11.0 Å². The van der Waals surface area contributed by atoms with Gasteiger partial charge in [-0.2, -0.15) is 4.98 Å². The van der Waals surface area contributed by atoms with E-state index >= 15 is 0 Å². The van der Waals surface area contributed by atoms with Gasteiger partial charge in [0.1, 0.15) is 12.3 Å². The summed E-state index contributed by atoms with van der Waals surface area (Å²) in [4.78, 5) is 32.5. The highest BCUT2D eigenvalue weighted by molar-refractivity contribution is 9.10. The summed E-state index contributed by atoms with van der Waals surface area (Å²) in [5, 5.41) is 3.49. The molecule has 0 aromatic carbocycles. The fraction of sp³-hybridized carbons (Fsp3) is 0.720. The number of carbonyl (C=O) groups excluding carboxylic acids is 1. The van der Waals surface area contributed by atoms with Crippen LogP contribution in [0.15, 0.2) is 15.5 Å². The molecule has 9 nitrogen and oxygen atoms in total. The normalized spacial score (nSPS) is 16.4. The van der Waals surface area contributed by atoms with Crippen molar-refractivity contribution in [3.63, 3.8) is 0 Å². The zero-order chi connectivity index (χ0) is 26.9. The summed E-state index contributed by atoms with van der Waals surface area (Å²) < 4.78 is 15.6. The van der Waals surface area contributed by atoms with Crippen molar-refractivity contribution in [2.45, 2.75) is 78.6 Å². The van der Waals surface area contributed by atoms with Crippen LogP contribution in [0.1, 0.15) is 40.5 Å². The number of halogens is 1. The van der Waals surface area contributed by atoms with Crippen molar-refractivity contribution in [3.8, 4) is 0 Å². The maximum absolute atomic E-state index is 13.3. The number of alkyl carbamates (subject to hydrolysis) is 1. The molecule has 0 bridgehead atoms. The van der Waals surface area contributed by atoms with Gasteiger partial charge in [0.05, 0.1) is 9.86 Å². The Hall–Kier alpha value is -1.85. The summed E-state index contributed by atoms with van der Waals surface area (Å²) in [5.74, 6) is 0.656. The molecule has 1 saturated heterocycles. The lowest BCUT2D eigenvalue weighted by Crippen LogP contribution is -2.47. The molecule has 3 rings (SSSR count). The molecule has 0 spiro atoms. The molecule has 0 saturated carbocycles. The third-order valence-electron chi connectivity index (χ3n) is 6.57. The number of nitrogens with zero attached hydrogens (tertiary/aromatic N) is 4. The Balaban J connectivity index is 1.72. The summed E-state index contributed by atoms with van der Waals surface area (Å²) in [6.45, 7) is 17.8. The Labute approximate surface area is 223 Å². The molecule has 36 heavy (non-hydrogen) atoms. The number of fused-ring (bicyclic) bond motifs is 1. The topological polar surface area (TPSA) is 90.6 Å². The van der Waals surface area contributed by atoms with Crippen molar-refractivity contribution < 1.29 is 14.3 Å². The van der Waals surface area contributed by atoms with Gasteiger partial charge in [0.2, 0.25) is 5.95 Å². The minimum atomic E-state index is -1.18. The fourth-order valence-corrected chi connectivity index (χ4v) is 5.56. The first kappa shape index (κ1) is 28.7. The molecule has 2 aromatic rings. The second kappa shape index (κ2) is 10.9. The van der Waals surface area contributed by atoms with Crippen molar-refractivity contribution in [2.24, 2.45) is 12.5 Å². The number of hydrogen-bond acceptors (Lipinski definition) is 6. The molecule has 1 aliphatic heterocycles. The van der Waals surface area contributed by atoms with Crippen molar-refractivity contribution in [1.29, 1.82) is 0 Å². The van der Waals surface area contributed by atoms with Gasteiger partial charge in [0.25, 0.3) is 5.56 Å². The zero-order valence-corrected chi connectivity index (χ0v) is 25.6. The lowest BCUT2D eigenvalue weighted by Gasteiger charge is -2.40. The fourth-order valence-electron chi connectivity index (χ4n) is 4.20. The SMILES string of the molecule is Cn1c(N2CCC(C)(CNC(=O)OC(C)(C)C)CC2)nc2c(c(Br)cn2COCC[Si](C)(C)C)c1=O. The van der Waals surface area contributed by atoms with Crippen LogP contribution in [0.4, 0.5) is 10.7 Å². The first-order valence-corrected chi connectivity index (χ1v) is 17.1. The van der Waals surface area contributed by atoms with E-state index < -0.39 is 13.7 Å². The second-order valence-corrected chi connectivity index (χ2v) is 18.9. The molecule has 1 aliphatic rings. The summed E-state index contributed by atoms with van der Waals surface area (Å²) >= 11 is 3.54. The van der Waals surface area contributed by atoms with E-state index in [4.69, 9.17) is 14.5 Å². The van der Waals surface area contributed by atoms with Crippen LogP contribution < -0.4 is 15.8 Å². The predicted molar refractivity (Wildman–Crippen MR) is 151 cm³/mol. The maximum atomic E-state index is 13.3. The second-order valence-electron chi connectivity index (χ2n) is 12.4. The minimum Gasteiger partial charge on any atom is -0.444 e.